The van der Waals surface area contributed by atoms with Gasteiger partial charge in [-0.3, -0.25) is 9.59 Å². The quantitative estimate of drug-likeness (QED) is 0.463. The minimum atomic E-state index is -1.07. The lowest BCUT2D eigenvalue weighted by atomic mass is 9.98. The molecule has 1 aliphatic carbocycles. The Hall–Kier alpha value is -3.72. The molecule has 3 aromatic rings. The number of thiazole rings is 1. The molecule has 2 N–H and O–H groups in total. The Morgan fingerprint density at radius 2 is 1.71 bits per heavy atom. The molecular formula is C26H27N3O5S. The molecule has 0 unspecified atom stereocenters. The number of alkyl carbamates (subject to hydrolysis) is 1. The van der Waals surface area contributed by atoms with E-state index in [1.54, 1.807) is 19.2 Å². The largest absolute Gasteiger partial charge is 0.480 e. The summed E-state index contributed by atoms with van der Waals surface area (Å²) in [6.45, 7) is 3.68. The topological polar surface area (TPSA) is 109 Å². The number of hydrogen-bond acceptors (Lipinski definition) is 6. The number of nitrogens with zero attached hydrogens (tertiary/aromatic N) is 2. The standard InChI is InChI=1S/C26H27N3O5S/c1-16(2)29(13-24(30)31)25(32)22-15-35-23(28-22)11-12-27-26(33)34-14-21-19-9-5-3-7-17(19)18-8-4-6-10-20(18)21/h3-10,15-16,21H,11-14H2,1-2H3,(H,27,33)(H,30,31). The molecule has 0 spiro atoms. The lowest BCUT2D eigenvalue weighted by molar-refractivity contribution is -0.138. The van der Waals surface area contributed by atoms with Crippen LogP contribution in [0.4, 0.5) is 4.79 Å². The lowest BCUT2D eigenvalue weighted by Gasteiger charge is -2.23. The van der Waals surface area contributed by atoms with Gasteiger partial charge in [0.25, 0.3) is 5.91 Å². The van der Waals surface area contributed by atoms with Gasteiger partial charge in [-0.05, 0) is 36.1 Å². The SMILES string of the molecule is CC(C)N(CC(=O)O)C(=O)c1csc(CCNC(=O)OCC2c3ccccc3-c3ccccc32)n1. The third kappa shape index (κ3) is 5.51. The van der Waals surface area contributed by atoms with Gasteiger partial charge < -0.3 is 20.1 Å². The molecule has 0 bridgehead atoms. The second-order valence-corrected chi connectivity index (χ2v) is 9.49. The van der Waals surface area contributed by atoms with Gasteiger partial charge in [0.05, 0.1) is 5.01 Å². The number of rotatable bonds is 9. The Morgan fingerprint density at radius 3 is 2.31 bits per heavy atom. The van der Waals surface area contributed by atoms with Crippen LogP contribution in [0, 0.1) is 0 Å². The number of aliphatic carboxylic acids is 1. The number of carbonyl (C=O) groups is 3. The third-order valence-electron chi connectivity index (χ3n) is 5.91. The van der Waals surface area contributed by atoms with Gasteiger partial charge in [-0.1, -0.05) is 48.5 Å². The van der Waals surface area contributed by atoms with E-state index >= 15 is 0 Å². The maximum atomic E-state index is 12.6. The monoisotopic (exact) mass is 493 g/mol. The van der Waals surface area contributed by atoms with Crippen LogP contribution in [0.25, 0.3) is 11.1 Å². The van der Waals surface area contributed by atoms with Crippen LogP contribution in [0.1, 0.15) is 46.4 Å². The fraction of sp³-hybridized carbons (Fsp3) is 0.308. The summed E-state index contributed by atoms with van der Waals surface area (Å²) in [6, 6.07) is 16.1. The van der Waals surface area contributed by atoms with Crippen molar-refractivity contribution in [3.8, 4) is 11.1 Å². The van der Waals surface area contributed by atoms with Crippen molar-refractivity contribution in [2.75, 3.05) is 19.7 Å². The summed E-state index contributed by atoms with van der Waals surface area (Å²) in [7, 11) is 0. The zero-order valence-electron chi connectivity index (χ0n) is 19.6. The van der Waals surface area contributed by atoms with Crippen molar-refractivity contribution < 1.29 is 24.2 Å². The molecule has 35 heavy (non-hydrogen) atoms. The summed E-state index contributed by atoms with van der Waals surface area (Å²) in [4.78, 5) is 41.6. The summed E-state index contributed by atoms with van der Waals surface area (Å²) in [5.41, 5.74) is 4.86. The molecule has 2 aromatic carbocycles. The highest BCUT2D eigenvalue weighted by Gasteiger charge is 2.29. The molecule has 0 fully saturated rings. The second-order valence-electron chi connectivity index (χ2n) is 8.55. The number of nitrogens with one attached hydrogen (secondary N) is 1. The zero-order chi connectivity index (χ0) is 24.9. The number of carboxylic acids is 1. The van der Waals surface area contributed by atoms with Crippen molar-refractivity contribution in [2.45, 2.75) is 32.2 Å². The Labute approximate surface area is 207 Å². The number of fused-ring (bicyclic) bond motifs is 3. The van der Waals surface area contributed by atoms with Gasteiger partial charge >= 0.3 is 12.1 Å². The molecule has 2 amide bonds. The van der Waals surface area contributed by atoms with Gasteiger partial charge in [-0.2, -0.15) is 0 Å². The summed E-state index contributed by atoms with van der Waals surface area (Å²) in [5.74, 6) is -1.50. The van der Waals surface area contributed by atoms with Crippen LogP contribution >= 0.6 is 11.3 Å². The summed E-state index contributed by atoms with van der Waals surface area (Å²) in [6.07, 6.45) is -0.0740. The third-order valence-corrected chi connectivity index (χ3v) is 6.82. The van der Waals surface area contributed by atoms with E-state index in [9.17, 15) is 14.4 Å². The van der Waals surface area contributed by atoms with Crippen molar-refractivity contribution >= 4 is 29.3 Å². The van der Waals surface area contributed by atoms with Crippen LogP contribution in [0.5, 0.6) is 0 Å². The van der Waals surface area contributed by atoms with Gasteiger partial charge in [-0.15, -0.1) is 11.3 Å². The Kier molecular flexibility index (Phi) is 7.45. The fourth-order valence-corrected chi connectivity index (χ4v) is 5.00. The second kappa shape index (κ2) is 10.7. The van der Waals surface area contributed by atoms with Crippen molar-refractivity contribution in [1.29, 1.82) is 0 Å². The first-order valence-electron chi connectivity index (χ1n) is 11.4. The first-order valence-corrected chi connectivity index (χ1v) is 12.3. The van der Waals surface area contributed by atoms with E-state index in [4.69, 9.17) is 9.84 Å². The molecule has 4 rings (SSSR count). The van der Waals surface area contributed by atoms with Crippen LogP contribution in [-0.2, 0) is 16.0 Å². The molecule has 1 aliphatic rings. The summed E-state index contributed by atoms with van der Waals surface area (Å²) < 4.78 is 5.53. The summed E-state index contributed by atoms with van der Waals surface area (Å²) >= 11 is 1.30. The van der Waals surface area contributed by atoms with E-state index in [1.165, 1.54) is 27.4 Å². The number of carboxylic acid groups (broad SMARTS) is 1. The average molecular weight is 494 g/mol. The van der Waals surface area contributed by atoms with Crippen LogP contribution < -0.4 is 5.32 Å². The summed E-state index contributed by atoms with van der Waals surface area (Å²) in [5, 5.41) is 14.1. The highest BCUT2D eigenvalue weighted by atomic mass is 32.1. The number of hydrogen-bond donors (Lipinski definition) is 2. The first-order chi connectivity index (χ1) is 16.8. The van der Waals surface area contributed by atoms with Crippen molar-refractivity contribution in [1.82, 2.24) is 15.2 Å². The van der Waals surface area contributed by atoms with Crippen LogP contribution in [0.15, 0.2) is 53.9 Å². The van der Waals surface area contributed by atoms with E-state index in [2.05, 4.69) is 34.6 Å². The predicted molar refractivity (Wildman–Crippen MR) is 133 cm³/mol. The predicted octanol–water partition coefficient (Wildman–Crippen LogP) is 4.16. The number of aromatic nitrogens is 1. The van der Waals surface area contributed by atoms with E-state index in [0.29, 0.717) is 18.0 Å². The Morgan fingerprint density at radius 1 is 1.09 bits per heavy atom. The highest BCUT2D eigenvalue weighted by Crippen LogP contribution is 2.44. The Balaban J connectivity index is 1.28. The minimum Gasteiger partial charge on any atom is -0.480 e. The smallest absolute Gasteiger partial charge is 0.407 e. The highest BCUT2D eigenvalue weighted by molar-refractivity contribution is 7.09. The Bertz CT molecular complexity index is 1190. The van der Waals surface area contributed by atoms with Gasteiger partial charge in [0.15, 0.2) is 0 Å². The van der Waals surface area contributed by atoms with E-state index in [0.717, 1.165) is 11.1 Å². The lowest BCUT2D eigenvalue weighted by Crippen LogP contribution is -2.40. The van der Waals surface area contributed by atoms with Gasteiger partial charge in [0, 0.05) is 30.3 Å². The van der Waals surface area contributed by atoms with E-state index in [-0.39, 0.29) is 30.8 Å². The van der Waals surface area contributed by atoms with Crippen molar-refractivity contribution in [3.63, 3.8) is 0 Å². The molecule has 9 heteroatoms. The van der Waals surface area contributed by atoms with Gasteiger partial charge in [0.2, 0.25) is 0 Å². The molecule has 182 valence electrons. The minimum absolute atomic E-state index is 0.00427. The molecule has 0 saturated heterocycles. The number of amides is 2. The van der Waals surface area contributed by atoms with Gasteiger partial charge in [0.1, 0.15) is 18.8 Å². The fourth-order valence-electron chi connectivity index (χ4n) is 4.23. The van der Waals surface area contributed by atoms with Crippen molar-refractivity contribution in [2.24, 2.45) is 0 Å². The van der Waals surface area contributed by atoms with Crippen molar-refractivity contribution in [3.05, 3.63) is 75.7 Å². The first kappa shape index (κ1) is 24.4. The molecule has 1 aromatic heterocycles. The maximum absolute atomic E-state index is 12.6. The zero-order valence-corrected chi connectivity index (χ0v) is 20.4. The van der Waals surface area contributed by atoms with Crippen LogP contribution in [-0.4, -0.2) is 58.7 Å². The molecule has 0 saturated carbocycles. The number of ether oxygens (including phenoxy) is 1. The van der Waals surface area contributed by atoms with Crippen LogP contribution in [0.2, 0.25) is 0 Å². The normalized spacial score (nSPS) is 12.2. The average Bonchev–Trinajstić information content (AvgIpc) is 3.43. The van der Waals surface area contributed by atoms with Crippen LogP contribution in [0.3, 0.4) is 0 Å². The molecule has 1 heterocycles. The number of carbonyl (C=O) groups excluding carboxylic acids is 2. The molecule has 0 radical (unpaired) electrons. The number of benzene rings is 2. The maximum Gasteiger partial charge on any atom is 0.407 e. The van der Waals surface area contributed by atoms with E-state index in [1.807, 2.05) is 24.3 Å². The molecule has 0 aliphatic heterocycles. The van der Waals surface area contributed by atoms with E-state index < -0.39 is 18.0 Å². The molecular weight excluding hydrogens is 466 g/mol. The van der Waals surface area contributed by atoms with Gasteiger partial charge in [-0.25, -0.2) is 9.78 Å². The molecule has 0 atom stereocenters. The molecule has 8 nitrogen and oxygen atoms in total.